The normalized spacial score (nSPS) is 24.2. The number of hydrogen-bond acceptors (Lipinski definition) is 9. The van der Waals surface area contributed by atoms with E-state index in [-0.39, 0.29) is 41.0 Å². The Kier molecular flexibility index (Phi) is 9.87. The van der Waals surface area contributed by atoms with Crippen molar-refractivity contribution in [1.29, 1.82) is 0 Å². The molecule has 3 aliphatic rings. The summed E-state index contributed by atoms with van der Waals surface area (Å²) in [5.74, 6) is -0.0486. The summed E-state index contributed by atoms with van der Waals surface area (Å²) >= 11 is 0. The molecule has 2 saturated heterocycles. The Bertz CT molecular complexity index is 1610. The number of halogens is 3. The smallest absolute Gasteiger partial charge is 0.453 e. The first-order chi connectivity index (χ1) is 23.2. The van der Waals surface area contributed by atoms with E-state index in [1.165, 1.54) is 12.1 Å². The molecule has 2 atom stereocenters. The van der Waals surface area contributed by atoms with Gasteiger partial charge in [-0.1, -0.05) is 20.8 Å². The summed E-state index contributed by atoms with van der Waals surface area (Å²) in [5, 5.41) is 23.4. The molecule has 1 saturated carbocycles. The molecule has 13 nitrogen and oxygen atoms in total. The van der Waals surface area contributed by atoms with Gasteiger partial charge in [-0.05, 0) is 68.1 Å². The molecule has 0 radical (unpaired) electrons. The fourth-order valence-electron chi connectivity index (χ4n) is 7.26. The van der Waals surface area contributed by atoms with Gasteiger partial charge in [-0.2, -0.15) is 17.7 Å². The number of carbonyl (C=O) groups excluding carboxylic acids is 1. The van der Waals surface area contributed by atoms with Crippen molar-refractivity contribution in [2.45, 2.75) is 83.7 Å². The fraction of sp³-hybridized carbons (Fsp3) is 0.636. The zero-order chi connectivity index (χ0) is 34.9. The van der Waals surface area contributed by atoms with E-state index in [1.54, 1.807) is 17.2 Å². The molecule has 16 heteroatoms. The monoisotopic (exact) mass is 687 g/mol. The van der Waals surface area contributed by atoms with Crippen LogP contribution in [0.1, 0.15) is 75.5 Å². The fourth-order valence-corrected chi connectivity index (χ4v) is 7.26. The van der Waals surface area contributed by atoms with E-state index in [0.29, 0.717) is 48.2 Å². The molecule has 0 aromatic carbocycles. The van der Waals surface area contributed by atoms with Crippen molar-refractivity contribution in [3.8, 4) is 5.88 Å². The molecule has 0 spiro atoms. The molecule has 2 aliphatic heterocycles. The highest BCUT2D eigenvalue weighted by atomic mass is 19.4. The Balaban J connectivity index is 0.935. The summed E-state index contributed by atoms with van der Waals surface area (Å²) in [6.07, 6.45) is 0.155. The van der Waals surface area contributed by atoms with Crippen LogP contribution in [0, 0.1) is 11.3 Å². The molecule has 5 heterocycles. The van der Waals surface area contributed by atoms with Crippen LogP contribution in [0.25, 0.3) is 5.65 Å². The van der Waals surface area contributed by atoms with E-state index in [0.717, 1.165) is 51.4 Å². The number of pyridine rings is 1. The Hall–Kier alpha value is -4.21. The van der Waals surface area contributed by atoms with E-state index < -0.39 is 18.1 Å². The number of nitrogens with zero attached hydrogens (tertiary/aromatic N) is 8. The maximum Gasteiger partial charge on any atom is 0.453 e. The zero-order valence-corrected chi connectivity index (χ0v) is 28.1. The summed E-state index contributed by atoms with van der Waals surface area (Å²) in [4.78, 5) is 35.7. The van der Waals surface area contributed by atoms with Gasteiger partial charge in [0, 0.05) is 63.6 Å². The van der Waals surface area contributed by atoms with Crippen LogP contribution in [0.15, 0.2) is 30.5 Å². The number of hydrogen-bond donors (Lipinski definition) is 2. The molecule has 3 fully saturated rings. The van der Waals surface area contributed by atoms with Gasteiger partial charge < -0.3 is 25.0 Å². The second-order valence-corrected chi connectivity index (χ2v) is 14.5. The van der Waals surface area contributed by atoms with E-state index in [4.69, 9.17) is 4.74 Å². The standard InChI is InChI=1S/C33H44F3N9O4/c1-32(2,3)25-18-21(12-13-44(25)31(47)48)20-42-14-16-43(17-15-42)26-9-4-22(19-37-26)29(46)38-23-5-7-24(8-6-23)49-28-11-10-27-39-40-30(33(34,35)36)45(27)41-28/h4,9-11,19,21,23-25H,5-8,12-18,20H2,1-3H3,(H,38,46)(H,47,48). The number of piperazine rings is 1. The number of anilines is 1. The van der Waals surface area contributed by atoms with E-state index in [1.807, 2.05) is 6.07 Å². The molecule has 2 unspecified atom stereocenters. The van der Waals surface area contributed by atoms with E-state index in [9.17, 15) is 27.9 Å². The molecule has 3 aromatic heterocycles. The van der Waals surface area contributed by atoms with Gasteiger partial charge in [0.1, 0.15) is 11.9 Å². The van der Waals surface area contributed by atoms with Crippen LogP contribution in [-0.4, -0.2) is 109 Å². The van der Waals surface area contributed by atoms with Crippen molar-refractivity contribution in [3.05, 3.63) is 41.9 Å². The minimum absolute atomic E-state index is 0.0144. The van der Waals surface area contributed by atoms with Gasteiger partial charge in [-0.15, -0.1) is 15.3 Å². The first-order valence-corrected chi connectivity index (χ1v) is 16.9. The Labute approximate surface area is 282 Å². The highest BCUT2D eigenvalue weighted by Gasteiger charge is 2.40. The topological polar surface area (TPSA) is 141 Å². The molecule has 2 N–H and O–H groups in total. The number of amides is 2. The van der Waals surface area contributed by atoms with Gasteiger partial charge in [-0.3, -0.25) is 9.69 Å². The molecule has 49 heavy (non-hydrogen) atoms. The summed E-state index contributed by atoms with van der Waals surface area (Å²) < 4.78 is 46.1. The minimum Gasteiger partial charge on any atom is -0.473 e. The average Bonchev–Trinajstić information content (AvgIpc) is 3.50. The van der Waals surface area contributed by atoms with Gasteiger partial charge in [0.2, 0.25) is 5.88 Å². The predicted molar refractivity (Wildman–Crippen MR) is 174 cm³/mol. The lowest BCUT2D eigenvalue weighted by Gasteiger charge is -2.46. The van der Waals surface area contributed by atoms with Crippen molar-refractivity contribution >= 4 is 23.5 Å². The van der Waals surface area contributed by atoms with Gasteiger partial charge in [0.05, 0.1) is 5.56 Å². The number of alkyl halides is 3. The lowest BCUT2D eigenvalue weighted by atomic mass is 9.77. The number of likely N-dealkylation sites (tertiary alicyclic amines) is 1. The first-order valence-electron chi connectivity index (χ1n) is 16.9. The molecular formula is C33H44F3N9O4. The number of aromatic nitrogens is 5. The number of piperidine rings is 1. The summed E-state index contributed by atoms with van der Waals surface area (Å²) in [6, 6.07) is 6.50. The van der Waals surface area contributed by atoms with Crippen LogP contribution in [0.5, 0.6) is 5.88 Å². The van der Waals surface area contributed by atoms with Crippen LogP contribution in [0.3, 0.4) is 0 Å². The maximum atomic E-state index is 13.2. The molecular weight excluding hydrogens is 643 g/mol. The Morgan fingerprint density at radius 3 is 2.33 bits per heavy atom. The van der Waals surface area contributed by atoms with Crippen LogP contribution in [0.2, 0.25) is 0 Å². The first kappa shape index (κ1) is 34.6. The molecule has 1 aliphatic carbocycles. The summed E-state index contributed by atoms with van der Waals surface area (Å²) in [7, 11) is 0. The number of carbonyl (C=O) groups is 2. The van der Waals surface area contributed by atoms with Crippen molar-refractivity contribution in [2.75, 3.05) is 44.2 Å². The second-order valence-electron chi connectivity index (χ2n) is 14.5. The quantitative estimate of drug-likeness (QED) is 0.363. The van der Waals surface area contributed by atoms with Crippen molar-refractivity contribution < 1.29 is 32.6 Å². The van der Waals surface area contributed by atoms with Gasteiger partial charge >= 0.3 is 12.3 Å². The number of ether oxygens (including phenoxy) is 1. The number of nitrogens with one attached hydrogen (secondary N) is 1. The Morgan fingerprint density at radius 2 is 1.69 bits per heavy atom. The third kappa shape index (κ3) is 8.16. The van der Waals surface area contributed by atoms with Gasteiger partial charge in [-0.25, -0.2) is 9.78 Å². The maximum absolute atomic E-state index is 13.2. The third-order valence-electron chi connectivity index (χ3n) is 9.97. The van der Waals surface area contributed by atoms with Gasteiger partial charge in [0.15, 0.2) is 5.65 Å². The lowest BCUT2D eigenvalue weighted by Crippen LogP contribution is -2.54. The molecule has 266 valence electrons. The Morgan fingerprint density at radius 1 is 0.959 bits per heavy atom. The average molecular weight is 688 g/mol. The zero-order valence-electron chi connectivity index (χ0n) is 28.1. The predicted octanol–water partition coefficient (Wildman–Crippen LogP) is 4.58. The SMILES string of the molecule is CC(C)(C)C1CC(CN2CCN(c3ccc(C(=O)NC4CCC(Oc5ccc6nnc(C(F)(F)F)n6n5)CC4)cn3)CC2)CCN1C(=O)O. The largest absolute Gasteiger partial charge is 0.473 e. The molecule has 3 aromatic rings. The van der Waals surface area contributed by atoms with Crippen molar-refractivity contribution in [1.82, 2.24) is 39.9 Å². The van der Waals surface area contributed by atoms with E-state index >= 15 is 0 Å². The molecule has 0 bridgehead atoms. The van der Waals surface area contributed by atoms with Gasteiger partial charge in [0.25, 0.3) is 11.7 Å². The molecule has 2 amide bonds. The highest BCUT2D eigenvalue weighted by Crippen LogP contribution is 2.35. The van der Waals surface area contributed by atoms with Crippen molar-refractivity contribution in [3.63, 3.8) is 0 Å². The third-order valence-corrected chi connectivity index (χ3v) is 9.97. The highest BCUT2D eigenvalue weighted by molar-refractivity contribution is 5.94. The molecule has 6 rings (SSSR count). The number of fused-ring (bicyclic) bond motifs is 1. The van der Waals surface area contributed by atoms with Crippen LogP contribution < -0.4 is 15.0 Å². The number of carboxylic acid groups (broad SMARTS) is 1. The van der Waals surface area contributed by atoms with Crippen LogP contribution >= 0.6 is 0 Å². The van der Waals surface area contributed by atoms with Crippen molar-refractivity contribution in [2.24, 2.45) is 11.3 Å². The van der Waals surface area contributed by atoms with Crippen LogP contribution in [-0.2, 0) is 6.18 Å². The number of rotatable bonds is 7. The van der Waals surface area contributed by atoms with E-state index in [2.05, 4.69) is 56.2 Å². The minimum atomic E-state index is -4.69. The lowest BCUT2D eigenvalue weighted by molar-refractivity contribution is -0.146. The second kappa shape index (κ2) is 14.0. The summed E-state index contributed by atoms with van der Waals surface area (Å²) in [5.41, 5.74) is 0.355. The van der Waals surface area contributed by atoms with Crippen LogP contribution in [0.4, 0.5) is 23.8 Å². The summed E-state index contributed by atoms with van der Waals surface area (Å²) in [6.45, 7) is 11.3.